The first-order valence-electron chi connectivity index (χ1n) is 5.89. The summed E-state index contributed by atoms with van der Waals surface area (Å²) in [5.41, 5.74) is 0.669. The number of benzene rings is 1. The number of phenolic OH excluding ortho intramolecular Hbond substituents is 1. The highest BCUT2D eigenvalue weighted by atomic mass is 32.1. The zero-order valence-corrected chi connectivity index (χ0v) is 11.6. The third kappa shape index (κ3) is 2.71. The number of nitrogens with zero attached hydrogens (tertiary/aromatic N) is 1. The van der Waals surface area contributed by atoms with Gasteiger partial charge in [-0.3, -0.25) is 4.79 Å². The number of hydrogen-bond donors (Lipinski definition) is 1. The molecule has 1 heterocycles. The van der Waals surface area contributed by atoms with Gasteiger partial charge in [-0.05, 0) is 30.5 Å². The van der Waals surface area contributed by atoms with Gasteiger partial charge in [-0.25, -0.2) is 0 Å². The van der Waals surface area contributed by atoms with Crippen molar-refractivity contribution in [2.75, 3.05) is 18.6 Å². The average Bonchev–Trinajstić information content (AvgIpc) is 2.87. The molecule has 5 heteroatoms. The fourth-order valence-corrected chi connectivity index (χ4v) is 2.65. The maximum Gasteiger partial charge on any atom is 0.272 e. The number of thiophene rings is 1. The molecule has 0 saturated heterocycles. The second-order valence-electron chi connectivity index (χ2n) is 3.89. The molecule has 0 radical (unpaired) electrons. The molecule has 0 aliphatic carbocycles. The van der Waals surface area contributed by atoms with Gasteiger partial charge in [-0.2, -0.15) is 0 Å². The van der Waals surface area contributed by atoms with Crippen molar-refractivity contribution in [3.63, 3.8) is 0 Å². The van der Waals surface area contributed by atoms with Gasteiger partial charge in [0, 0.05) is 18.3 Å². The van der Waals surface area contributed by atoms with E-state index in [0.29, 0.717) is 22.9 Å². The van der Waals surface area contributed by atoms with E-state index in [1.54, 1.807) is 42.3 Å². The van der Waals surface area contributed by atoms with Crippen LogP contribution in [-0.4, -0.2) is 24.7 Å². The van der Waals surface area contributed by atoms with Crippen LogP contribution in [0.4, 0.5) is 5.69 Å². The first-order valence-corrected chi connectivity index (χ1v) is 6.77. The minimum atomic E-state index is -0.125. The number of hydrogen-bond acceptors (Lipinski definition) is 4. The number of carbonyl (C=O) groups excluding carboxylic acids is 1. The third-order valence-corrected chi connectivity index (χ3v) is 3.63. The topological polar surface area (TPSA) is 49.8 Å². The van der Waals surface area contributed by atoms with Gasteiger partial charge in [0.15, 0.2) is 0 Å². The van der Waals surface area contributed by atoms with Crippen LogP contribution in [0.5, 0.6) is 11.5 Å². The Bertz CT molecular complexity index is 580. The van der Waals surface area contributed by atoms with Gasteiger partial charge in [0.1, 0.15) is 16.4 Å². The van der Waals surface area contributed by atoms with Crippen molar-refractivity contribution >= 4 is 22.9 Å². The molecule has 2 rings (SSSR count). The molecule has 0 spiro atoms. The molecule has 1 aromatic carbocycles. The average molecular weight is 277 g/mol. The Morgan fingerprint density at radius 1 is 1.42 bits per heavy atom. The van der Waals surface area contributed by atoms with Crippen LogP contribution in [0.25, 0.3) is 0 Å². The lowest BCUT2D eigenvalue weighted by atomic mass is 10.2. The molecule has 0 fully saturated rings. The Morgan fingerprint density at radius 3 is 2.84 bits per heavy atom. The zero-order valence-electron chi connectivity index (χ0n) is 10.8. The van der Waals surface area contributed by atoms with Gasteiger partial charge in [-0.1, -0.05) is 6.07 Å². The summed E-state index contributed by atoms with van der Waals surface area (Å²) in [5.74, 6) is 0.593. The van der Waals surface area contributed by atoms with E-state index in [0.717, 1.165) is 0 Å². The van der Waals surface area contributed by atoms with Crippen LogP contribution in [0.15, 0.2) is 35.7 Å². The number of aromatic hydroxyl groups is 1. The summed E-state index contributed by atoms with van der Waals surface area (Å²) in [6.45, 7) is 2.41. The highest BCUT2D eigenvalue weighted by Gasteiger charge is 2.21. The van der Waals surface area contributed by atoms with Gasteiger partial charge >= 0.3 is 0 Å². The van der Waals surface area contributed by atoms with Crippen molar-refractivity contribution in [2.24, 2.45) is 0 Å². The Morgan fingerprint density at radius 2 is 2.21 bits per heavy atom. The molecule has 100 valence electrons. The summed E-state index contributed by atoms with van der Waals surface area (Å²) in [7, 11) is 1.55. The van der Waals surface area contributed by atoms with Gasteiger partial charge in [0.2, 0.25) is 0 Å². The van der Waals surface area contributed by atoms with Crippen LogP contribution in [0.3, 0.4) is 0 Å². The van der Waals surface area contributed by atoms with E-state index in [-0.39, 0.29) is 11.7 Å². The van der Waals surface area contributed by atoms with Crippen LogP contribution in [0, 0.1) is 0 Å². The number of carbonyl (C=O) groups is 1. The molecule has 0 aliphatic rings. The predicted octanol–water partition coefficient (Wildman–Crippen LogP) is 3.13. The van der Waals surface area contributed by atoms with E-state index in [9.17, 15) is 9.90 Å². The molecule has 0 bridgehead atoms. The Balaban J connectivity index is 2.35. The van der Waals surface area contributed by atoms with Crippen LogP contribution >= 0.6 is 11.3 Å². The molecule has 1 N–H and O–H groups in total. The first-order chi connectivity index (χ1) is 9.17. The summed E-state index contributed by atoms with van der Waals surface area (Å²) in [4.78, 5) is 14.7. The maximum atomic E-state index is 12.5. The fourth-order valence-electron chi connectivity index (χ4n) is 1.84. The maximum absolute atomic E-state index is 12.5. The predicted molar refractivity (Wildman–Crippen MR) is 76.3 cm³/mol. The summed E-state index contributed by atoms with van der Waals surface area (Å²) >= 11 is 1.35. The SMILES string of the molecule is CCN(C(=O)c1sccc1OC)c1cccc(O)c1. The van der Waals surface area contributed by atoms with Gasteiger partial charge in [0.25, 0.3) is 5.91 Å². The van der Waals surface area contributed by atoms with Crippen LogP contribution in [-0.2, 0) is 0 Å². The lowest BCUT2D eigenvalue weighted by Crippen LogP contribution is -2.30. The zero-order chi connectivity index (χ0) is 13.8. The number of amides is 1. The summed E-state index contributed by atoms with van der Waals surface area (Å²) in [5, 5.41) is 11.3. The largest absolute Gasteiger partial charge is 0.508 e. The van der Waals surface area contributed by atoms with E-state index in [4.69, 9.17) is 4.74 Å². The summed E-state index contributed by atoms with van der Waals surface area (Å²) in [6, 6.07) is 8.43. The molecule has 1 aromatic heterocycles. The van der Waals surface area contributed by atoms with Crippen molar-refractivity contribution < 1.29 is 14.6 Å². The van der Waals surface area contributed by atoms with E-state index in [2.05, 4.69) is 0 Å². The van der Waals surface area contributed by atoms with E-state index >= 15 is 0 Å². The molecule has 0 aliphatic heterocycles. The Labute approximate surface area is 115 Å². The highest BCUT2D eigenvalue weighted by molar-refractivity contribution is 7.12. The van der Waals surface area contributed by atoms with E-state index < -0.39 is 0 Å². The number of phenols is 1. The molecule has 0 atom stereocenters. The highest BCUT2D eigenvalue weighted by Crippen LogP contribution is 2.29. The monoisotopic (exact) mass is 277 g/mol. The molecule has 0 saturated carbocycles. The lowest BCUT2D eigenvalue weighted by Gasteiger charge is -2.20. The standard InChI is InChI=1S/C14H15NO3S/c1-3-15(10-5-4-6-11(16)9-10)14(17)13-12(18-2)7-8-19-13/h4-9,16H,3H2,1-2H3. The second kappa shape index (κ2) is 5.75. The minimum absolute atomic E-state index is 0.125. The molecule has 1 amide bonds. The number of anilines is 1. The fraction of sp³-hybridized carbons (Fsp3) is 0.214. The molecule has 2 aromatic rings. The van der Waals surface area contributed by atoms with Gasteiger partial charge < -0.3 is 14.7 Å². The van der Waals surface area contributed by atoms with Gasteiger partial charge in [0.05, 0.1) is 7.11 Å². The quantitative estimate of drug-likeness (QED) is 0.934. The molecule has 19 heavy (non-hydrogen) atoms. The van der Waals surface area contributed by atoms with Crippen molar-refractivity contribution in [1.29, 1.82) is 0 Å². The second-order valence-corrected chi connectivity index (χ2v) is 4.80. The summed E-state index contributed by atoms with van der Waals surface area (Å²) in [6.07, 6.45) is 0. The van der Waals surface area contributed by atoms with Crippen molar-refractivity contribution in [2.45, 2.75) is 6.92 Å². The molecular formula is C14H15NO3S. The smallest absolute Gasteiger partial charge is 0.272 e. The summed E-state index contributed by atoms with van der Waals surface area (Å²) < 4.78 is 5.17. The van der Waals surface area contributed by atoms with E-state index in [1.165, 1.54) is 11.3 Å². The third-order valence-electron chi connectivity index (χ3n) is 2.75. The minimum Gasteiger partial charge on any atom is -0.508 e. The van der Waals surface area contributed by atoms with Crippen LogP contribution < -0.4 is 9.64 Å². The van der Waals surface area contributed by atoms with Crippen LogP contribution in [0.2, 0.25) is 0 Å². The Kier molecular flexibility index (Phi) is 4.06. The molecular weight excluding hydrogens is 262 g/mol. The van der Waals surface area contributed by atoms with Crippen molar-refractivity contribution in [1.82, 2.24) is 0 Å². The van der Waals surface area contributed by atoms with Crippen molar-refractivity contribution in [3.8, 4) is 11.5 Å². The molecule has 4 nitrogen and oxygen atoms in total. The number of rotatable bonds is 4. The number of ether oxygens (including phenoxy) is 1. The normalized spacial score (nSPS) is 10.2. The van der Waals surface area contributed by atoms with E-state index in [1.807, 2.05) is 12.3 Å². The van der Waals surface area contributed by atoms with Crippen molar-refractivity contribution in [3.05, 3.63) is 40.6 Å². The Hall–Kier alpha value is -2.01. The van der Waals surface area contributed by atoms with Gasteiger partial charge in [-0.15, -0.1) is 11.3 Å². The number of methoxy groups -OCH3 is 1. The first kappa shape index (κ1) is 13.4. The molecule has 0 unspecified atom stereocenters. The lowest BCUT2D eigenvalue weighted by molar-refractivity contribution is 0.0989. The van der Waals surface area contributed by atoms with Crippen LogP contribution in [0.1, 0.15) is 16.6 Å².